The number of carbonyl (C=O) groups excluding carboxylic acids is 1. The standard InChI is InChI=1S/C15H22FN3O.ClH/c16-13-4-1-5-14(9-13)18-15(20)11-19-8-2-3-12(10-19)6-7-17;/h1,4-5,9,12H,2-3,6-8,10-11,17H2,(H,18,20);1H. The van der Waals surface area contributed by atoms with Gasteiger partial charge in [-0.2, -0.15) is 0 Å². The third-order valence-electron chi connectivity index (χ3n) is 3.65. The molecular formula is C15H23ClFN3O. The Labute approximate surface area is 131 Å². The second-order valence-electron chi connectivity index (χ2n) is 5.38. The van der Waals surface area contributed by atoms with Crippen molar-refractivity contribution in [3.8, 4) is 0 Å². The molecule has 0 spiro atoms. The van der Waals surface area contributed by atoms with Gasteiger partial charge in [0.1, 0.15) is 5.82 Å². The first kappa shape index (κ1) is 17.9. The molecule has 1 amide bonds. The topological polar surface area (TPSA) is 58.4 Å². The van der Waals surface area contributed by atoms with Crippen molar-refractivity contribution in [2.45, 2.75) is 19.3 Å². The summed E-state index contributed by atoms with van der Waals surface area (Å²) in [6, 6.07) is 5.96. The molecule has 6 heteroatoms. The zero-order valence-corrected chi connectivity index (χ0v) is 12.9. The molecule has 1 saturated heterocycles. The second kappa shape index (κ2) is 8.97. The third kappa shape index (κ3) is 5.99. The van der Waals surface area contributed by atoms with Gasteiger partial charge in [-0.05, 0) is 56.5 Å². The zero-order valence-electron chi connectivity index (χ0n) is 12.1. The molecule has 118 valence electrons. The van der Waals surface area contributed by atoms with E-state index in [1.807, 2.05) is 0 Å². The van der Waals surface area contributed by atoms with Gasteiger partial charge in [0.05, 0.1) is 6.54 Å². The van der Waals surface area contributed by atoms with E-state index in [9.17, 15) is 9.18 Å². The van der Waals surface area contributed by atoms with Crippen LogP contribution < -0.4 is 11.1 Å². The number of benzene rings is 1. The molecule has 1 aromatic carbocycles. The Bertz CT molecular complexity index is 456. The van der Waals surface area contributed by atoms with Crippen molar-refractivity contribution in [3.63, 3.8) is 0 Å². The molecular weight excluding hydrogens is 293 g/mol. The molecule has 1 unspecified atom stereocenters. The van der Waals surface area contributed by atoms with Crippen molar-refractivity contribution in [1.29, 1.82) is 0 Å². The Morgan fingerprint density at radius 3 is 3.00 bits per heavy atom. The molecule has 1 heterocycles. The quantitative estimate of drug-likeness (QED) is 0.876. The minimum atomic E-state index is -0.344. The molecule has 21 heavy (non-hydrogen) atoms. The number of anilines is 1. The molecule has 0 aromatic heterocycles. The van der Waals surface area contributed by atoms with Crippen LogP contribution in [-0.4, -0.2) is 37.0 Å². The predicted molar refractivity (Wildman–Crippen MR) is 85.1 cm³/mol. The lowest BCUT2D eigenvalue weighted by atomic mass is 9.95. The summed E-state index contributed by atoms with van der Waals surface area (Å²) in [5.41, 5.74) is 6.09. The number of amides is 1. The third-order valence-corrected chi connectivity index (χ3v) is 3.65. The van der Waals surface area contributed by atoms with E-state index in [1.54, 1.807) is 12.1 Å². The van der Waals surface area contributed by atoms with E-state index in [0.717, 1.165) is 25.9 Å². The Hall–Kier alpha value is -1.17. The fourth-order valence-corrected chi connectivity index (χ4v) is 2.74. The molecule has 1 aliphatic heterocycles. The summed E-state index contributed by atoms with van der Waals surface area (Å²) in [6.45, 7) is 2.93. The fourth-order valence-electron chi connectivity index (χ4n) is 2.74. The maximum atomic E-state index is 13.0. The van der Waals surface area contributed by atoms with Gasteiger partial charge in [-0.1, -0.05) is 6.07 Å². The van der Waals surface area contributed by atoms with Crippen molar-refractivity contribution >= 4 is 24.0 Å². The van der Waals surface area contributed by atoms with Crippen LogP contribution in [0.3, 0.4) is 0 Å². The summed E-state index contributed by atoms with van der Waals surface area (Å²) in [4.78, 5) is 14.1. The molecule has 0 saturated carbocycles. The van der Waals surface area contributed by atoms with Gasteiger partial charge >= 0.3 is 0 Å². The van der Waals surface area contributed by atoms with Gasteiger partial charge in [-0.15, -0.1) is 12.4 Å². The predicted octanol–water partition coefficient (Wildman–Crippen LogP) is 2.25. The monoisotopic (exact) mass is 315 g/mol. The summed E-state index contributed by atoms with van der Waals surface area (Å²) in [5, 5.41) is 2.73. The molecule has 0 aliphatic carbocycles. The van der Waals surface area contributed by atoms with Crippen LogP contribution in [0.5, 0.6) is 0 Å². The maximum Gasteiger partial charge on any atom is 0.238 e. The molecule has 2 rings (SSSR count). The van der Waals surface area contributed by atoms with E-state index >= 15 is 0 Å². The number of halogens is 2. The minimum Gasteiger partial charge on any atom is -0.330 e. The number of hydrogen-bond donors (Lipinski definition) is 2. The summed E-state index contributed by atoms with van der Waals surface area (Å²) >= 11 is 0. The number of nitrogens with two attached hydrogens (primary N) is 1. The molecule has 1 aliphatic rings. The van der Waals surface area contributed by atoms with Crippen molar-refractivity contribution in [2.24, 2.45) is 11.7 Å². The van der Waals surface area contributed by atoms with Crippen LogP contribution in [-0.2, 0) is 4.79 Å². The van der Waals surface area contributed by atoms with Crippen LogP contribution in [0.4, 0.5) is 10.1 Å². The highest BCUT2D eigenvalue weighted by molar-refractivity contribution is 5.92. The van der Waals surface area contributed by atoms with Crippen molar-refractivity contribution in [3.05, 3.63) is 30.1 Å². The van der Waals surface area contributed by atoms with Gasteiger partial charge in [0, 0.05) is 12.2 Å². The highest BCUT2D eigenvalue weighted by Gasteiger charge is 2.20. The number of rotatable bonds is 5. The van der Waals surface area contributed by atoms with Crippen molar-refractivity contribution < 1.29 is 9.18 Å². The van der Waals surface area contributed by atoms with Crippen molar-refractivity contribution in [1.82, 2.24) is 4.90 Å². The average Bonchev–Trinajstić information content (AvgIpc) is 2.39. The van der Waals surface area contributed by atoms with Gasteiger partial charge in [-0.3, -0.25) is 9.69 Å². The smallest absolute Gasteiger partial charge is 0.238 e. The largest absolute Gasteiger partial charge is 0.330 e. The molecule has 1 fully saturated rings. The van der Waals surface area contributed by atoms with Crippen LogP contribution >= 0.6 is 12.4 Å². The Morgan fingerprint density at radius 2 is 2.29 bits per heavy atom. The number of likely N-dealkylation sites (tertiary alicyclic amines) is 1. The molecule has 1 atom stereocenters. The fraction of sp³-hybridized carbons (Fsp3) is 0.533. The lowest BCUT2D eigenvalue weighted by molar-refractivity contribution is -0.117. The average molecular weight is 316 g/mol. The summed E-state index contributed by atoms with van der Waals surface area (Å²) in [7, 11) is 0. The van der Waals surface area contributed by atoms with Crippen LogP contribution in [0.15, 0.2) is 24.3 Å². The Balaban J connectivity index is 0.00000220. The lowest BCUT2D eigenvalue weighted by Crippen LogP contribution is -2.40. The normalized spacial score (nSPS) is 18.9. The summed E-state index contributed by atoms with van der Waals surface area (Å²) < 4.78 is 13.0. The molecule has 0 radical (unpaired) electrons. The molecule has 1 aromatic rings. The highest BCUT2D eigenvalue weighted by atomic mass is 35.5. The van der Waals surface area contributed by atoms with Crippen LogP contribution in [0.1, 0.15) is 19.3 Å². The zero-order chi connectivity index (χ0) is 14.4. The van der Waals surface area contributed by atoms with E-state index < -0.39 is 0 Å². The number of hydrogen-bond acceptors (Lipinski definition) is 3. The number of piperidine rings is 1. The SMILES string of the molecule is Cl.NCCC1CCCN(CC(=O)Nc2cccc(F)c2)C1. The van der Waals surface area contributed by atoms with Crippen molar-refractivity contribution in [2.75, 3.05) is 31.5 Å². The van der Waals surface area contributed by atoms with Gasteiger partial charge < -0.3 is 11.1 Å². The molecule has 0 bridgehead atoms. The summed E-state index contributed by atoms with van der Waals surface area (Å²) in [6.07, 6.45) is 3.32. The Morgan fingerprint density at radius 1 is 1.48 bits per heavy atom. The molecule has 3 N–H and O–H groups in total. The van der Waals surface area contributed by atoms with Crippen LogP contribution in [0.25, 0.3) is 0 Å². The minimum absolute atomic E-state index is 0. The number of carbonyl (C=O) groups is 1. The second-order valence-corrected chi connectivity index (χ2v) is 5.38. The summed E-state index contributed by atoms with van der Waals surface area (Å²) in [5.74, 6) is 0.156. The van der Waals surface area contributed by atoms with Gasteiger partial charge in [-0.25, -0.2) is 4.39 Å². The first-order valence-electron chi connectivity index (χ1n) is 7.15. The van der Waals surface area contributed by atoms with Gasteiger partial charge in [0.2, 0.25) is 5.91 Å². The lowest BCUT2D eigenvalue weighted by Gasteiger charge is -2.32. The van der Waals surface area contributed by atoms with Gasteiger partial charge in [0.15, 0.2) is 0 Å². The maximum absolute atomic E-state index is 13.0. The van der Waals surface area contributed by atoms with E-state index in [-0.39, 0.29) is 24.1 Å². The number of nitrogens with one attached hydrogen (secondary N) is 1. The van der Waals surface area contributed by atoms with E-state index in [4.69, 9.17) is 5.73 Å². The van der Waals surface area contributed by atoms with Crippen LogP contribution in [0.2, 0.25) is 0 Å². The van der Waals surface area contributed by atoms with Gasteiger partial charge in [0.25, 0.3) is 0 Å². The highest BCUT2D eigenvalue weighted by Crippen LogP contribution is 2.18. The van der Waals surface area contributed by atoms with E-state index in [2.05, 4.69) is 10.2 Å². The Kier molecular flexibility index (Phi) is 7.64. The van der Waals surface area contributed by atoms with E-state index in [1.165, 1.54) is 18.6 Å². The first-order valence-corrected chi connectivity index (χ1v) is 7.15. The first-order chi connectivity index (χ1) is 9.67. The van der Waals surface area contributed by atoms with Crippen LogP contribution in [0, 0.1) is 11.7 Å². The van der Waals surface area contributed by atoms with E-state index in [0.29, 0.717) is 24.7 Å². The molecule has 4 nitrogen and oxygen atoms in total. The number of nitrogens with zero attached hydrogens (tertiary/aromatic N) is 1.